The van der Waals surface area contributed by atoms with Gasteiger partial charge in [0.2, 0.25) is 0 Å². The Morgan fingerprint density at radius 2 is 2.31 bits per heavy atom. The second-order valence-electron chi connectivity index (χ2n) is 3.54. The third kappa shape index (κ3) is 3.88. The molecule has 88 valence electrons. The normalized spacial score (nSPS) is 12.1. The molecule has 0 amide bonds. The van der Waals surface area contributed by atoms with Gasteiger partial charge in [-0.1, -0.05) is 13.0 Å². The van der Waals surface area contributed by atoms with Crippen molar-refractivity contribution in [3.63, 3.8) is 0 Å². The van der Waals surface area contributed by atoms with Gasteiger partial charge in [0.1, 0.15) is 11.6 Å². The van der Waals surface area contributed by atoms with Crippen LogP contribution < -0.4 is 4.74 Å². The fourth-order valence-corrected chi connectivity index (χ4v) is 1.38. The summed E-state index contributed by atoms with van der Waals surface area (Å²) in [6.07, 6.45) is 1.00. The average molecular weight is 226 g/mol. The number of carboxylic acids is 1. The maximum atomic E-state index is 12.8. The standard InChI is InChI=1S/C12H15FO3/c1-2-9(12(14)15)6-7-16-11-5-3-4-10(13)8-11/h3-5,8-9H,2,6-7H2,1H3,(H,14,15). The highest BCUT2D eigenvalue weighted by Gasteiger charge is 2.14. The molecular weight excluding hydrogens is 211 g/mol. The zero-order valence-electron chi connectivity index (χ0n) is 9.15. The van der Waals surface area contributed by atoms with E-state index in [1.807, 2.05) is 6.92 Å². The molecule has 1 aromatic rings. The molecule has 1 aromatic carbocycles. The van der Waals surface area contributed by atoms with Gasteiger partial charge >= 0.3 is 5.97 Å². The van der Waals surface area contributed by atoms with E-state index in [0.717, 1.165) is 0 Å². The van der Waals surface area contributed by atoms with E-state index in [9.17, 15) is 9.18 Å². The number of aliphatic carboxylic acids is 1. The number of ether oxygens (including phenoxy) is 1. The van der Waals surface area contributed by atoms with Crippen molar-refractivity contribution in [1.29, 1.82) is 0 Å². The summed E-state index contributed by atoms with van der Waals surface area (Å²) in [7, 11) is 0. The third-order valence-corrected chi connectivity index (χ3v) is 2.37. The van der Waals surface area contributed by atoms with Crippen LogP contribution in [-0.4, -0.2) is 17.7 Å². The molecule has 0 radical (unpaired) electrons. The minimum Gasteiger partial charge on any atom is -0.493 e. The van der Waals surface area contributed by atoms with Gasteiger partial charge in [-0.3, -0.25) is 4.79 Å². The van der Waals surface area contributed by atoms with Crippen LogP contribution in [0.3, 0.4) is 0 Å². The van der Waals surface area contributed by atoms with Gasteiger partial charge in [0, 0.05) is 6.07 Å². The molecule has 16 heavy (non-hydrogen) atoms. The van der Waals surface area contributed by atoms with Gasteiger partial charge < -0.3 is 9.84 Å². The fraction of sp³-hybridized carbons (Fsp3) is 0.417. The van der Waals surface area contributed by atoms with Crippen LogP contribution in [0.25, 0.3) is 0 Å². The van der Waals surface area contributed by atoms with E-state index in [2.05, 4.69) is 0 Å². The van der Waals surface area contributed by atoms with Crippen molar-refractivity contribution in [3.05, 3.63) is 30.1 Å². The predicted molar refractivity (Wildman–Crippen MR) is 57.9 cm³/mol. The number of rotatable bonds is 6. The van der Waals surface area contributed by atoms with Crippen LogP contribution >= 0.6 is 0 Å². The van der Waals surface area contributed by atoms with E-state index in [1.54, 1.807) is 12.1 Å². The minimum absolute atomic E-state index is 0.286. The van der Waals surface area contributed by atoms with Gasteiger partial charge in [0.15, 0.2) is 0 Å². The van der Waals surface area contributed by atoms with Crippen LogP contribution in [0, 0.1) is 11.7 Å². The van der Waals surface area contributed by atoms with Gasteiger partial charge in [0.25, 0.3) is 0 Å². The molecule has 0 fully saturated rings. The summed E-state index contributed by atoms with van der Waals surface area (Å²) < 4.78 is 18.0. The molecule has 0 aromatic heterocycles. The van der Waals surface area contributed by atoms with E-state index < -0.39 is 11.9 Å². The molecule has 4 heteroatoms. The molecule has 0 aliphatic heterocycles. The molecule has 0 saturated heterocycles. The summed E-state index contributed by atoms with van der Waals surface area (Å²) in [5.74, 6) is -1.14. The molecule has 0 bridgehead atoms. The molecule has 0 heterocycles. The van der Waals surface area contributed by atoms with Crippen molar-refractivity contribution in [2.75, 3.05) is 6.61 Å². The molecule has 1 N–H and O–H groups in total. The van der Waals surface area contributed by atoms with Crippen molar-refractivity contribution in [3.8, 4) is 5.75 Å². The van der Waals surface area contributed by atoms with E-state index >= 15 is 0 Å². The Bertz CT molecular complexity index is 352. The van der Waals surface area contributed by atoms with Crippen LogP contribution in [0.1, 0.15) is 19.8 Å². The van der Waals surface area contributed by atoms with E-state index in [0.29, 0.717) is 18.6 Å². The van der Waals surface area contributed by atoms with Crippen molar-refractivity contribution in [2.24, 2.45) is 5.92 Å². The second-order valence-corrected chi connectivity index (χ2v) is 3.54. The number of carboxylic acid groups (broad SMARTS) is 1. The van der Waals surface area contributed by atoms with Crippen LogP contribution in [0.2, 0.25) is 0 Å². The smallest absolute Gasteiger partial charge is 0.306 e. The monoisotopic (exact) mass is 226 g/mol. The lowest BCUT2D eigenvalue weighted by Crippen LogP contribution is -2.15. The first-order valence-corrected chi connectivity index (χ1v) is 5.24. The van der Waals surface area contributed by atoms with Crippen molar-refractivity contribution in [1.82, 2.24) is 0 Å². The lowest BCUT2D eigenvalue weighted by molar-refractivity contribution is -0.142. The Kier molecular flexibility index (Phi) is 4.76. The number of benzene rings is 1. The summed E-state index contributed by atoms with van der Waals surface area (Å²) in [6.45, 7) is 2.11. The Morgan fingerprint density at radius 3 is 2.88 bits per heavy atom. The van der Waals surface area contributed by atoms with Gasteiger partial charge in [-0.15, -0.1) is 0 Å². The topological polar surface area (TPSA) is 46.5 Å². The number of halogens is 1. The van der Waals surface area contributed by atoms with E-state index in [-0.39, 0.29) is 12.4 Å². The summed E-state index contributed by atoms with van der Waals surface area (Å²) in [6, 6.07) is 5.81. The number of carbonyl (C=O) groups is 1. The molecule has 0 spiro atoms. The SMILES string of the molecule is CCC(CCOc1cccc(F)c1)C(=O)O. The first-order chi connectivity index (χ1) is 7.63. The summed E-state index contributed by atoms with van der Waals surface area (Å²) in [4.78, 5) is 10.7. The fourth-order valence-electron chi connectivity index (χ4n) is 1.38. The number of hydrogen-bond acceptors (Lipinski definition) is 2. The summed E-state index contributed by atoms with van der Waals surface area (Å²) in [5, 5.41) is 8.80. The Morgan fingerprint density at radius 1 is 1.56 bits per heavy atom. The predicted octanol–water partition coefficient (Wildman–Crippen LogP) is 2.71. The van der Waals surface area contributed by atoms with Gasteiger partial charge in [-0.2, -0.15) is 0 Å². The highest BCUT2D eigenvalue weighted by molar-refractivity contribution is 5.69. The van der Waals surface area contributed by atoms with E-state index in [4.69, 9.17) is 9.84 Å². The highest BCUT2D eigenvalue weighted by atomic mass is 19.1. The van der Waals surface area contributed by atoms with Crippen LogP contribution in [0.15, 0.2) is 24.3 Å². The molecular formula is C12H15FO3. The number of hydrogen-bond donors (Lipinski definition) is 1. The molecule has 1 atom stereocenters. The van der Waals surface area contributed by atoms with Crippen molar-refractivity contribution < 1.29 is 19.0 Å². The van der Waals surface area contributed by atoms with Crippen molar-refractivity contribution in [2.45, 2.75) is 19.8 Å². The zero-order valence-corrected chi connectivity index (χ0v) is 9.15. The van der Waals surface area contributed by atoms with Crippen LogP contribution in [-0.2, 0) is 4.79 Å². The maximum absolute atomic E-state index is 12.8. The molecule has 0 saturated carbocycles. The molecule has 3 nitrogen and oxygen atoms in total. The lowest BCUT2D eigenvalue weighted by atomic mass is 10.0. The van der Waals surface area contributed by atoms with Crippen LogP contribution in [0.4, 0.5) is 4.39 Å². The summed E-state index contributed by atoms with van der Waals surface area (Å²) >= 11 is 0. The average Bonchev–Trinajstić information content (AvgIpc) is 2.24. The first kappa shape index (κ1) is 12.5. The van der Waals surface area contributed by atoms with Gasteiger partial charge in [0.05, 0.1) is 12.5 Å². The molecule has 0 aliphatic carbocycles. The summed E-state index contributed by atoms with van der Waals surface area (Å²) in [5.41, 5.74) is 0. The lowest BCUT2D eigenvalue weighted by Gasteiger charge is -2.10. The Hall–Kier alpha value is -1.58. The highest BCUT2D eigenvalue weighted by Crippen LogP contribution is 2.14. The van der Waals surface area contributed by atoms with E-state index in [1.165, 1.54) is 12.1 Å². The van der Waals surface area contributed by atoms with Crippen LogP contribution in [0.5, 0.6) is 5.75 Å². The zero-order chi connectivity index (χ0) is 12.0. The largest absolute Gasteiger partial charge is 0.493 e. The molecule has 1 rings (SSSR count). The second kappa shape index (κ2) is 6.10. The molecule has 0 aliphatic rings. The first-order valence-electron chi connectivity index (χ1n) is 5.24. The van der Waals surface area contributed by atoms with Crippen molar-refractivity contribution >= 4 is 5.97 Å². The van der Waals surface area contributed by atoms with Gasteiger partial charge in [-0.05, 0) is 25.0 Å². The quantitative estimate of drug-likeness (QED) is 0.811. The maximum Gasteiger partial charge on any atom is 0.306 e. The van der Waals surface area contributed by atoms with Gasteiger partial charge in [-0.25, -0.2) is 4.39 Å². The third-order valence-electron chi connectivity index (χ3n) is 2.37. The Balaban J connectivity index is 2.38. The Labute approximate surface area is 93.9 Å². The molecule has 1 unspecified atom stereocenters. The minimum atomic E-state index is -0.814.